The van der Waals surface area contributed by atoms with Crippen LogP contribution in [-0.4, -0.2) is 24.0 Å². The van der Waals surface area contributed by atoms with Gasteiger partial charge in [0.05, 0.1) is 5.75 Å². The Balaban J connectivity index is 2.23. The van der Waals surface area contributed by atoms with E-state index < -0.39 is 0 Å². The minimum atomic E-state index is 0.0685. The first-order valence-corrected chi connectivity index (χ1v) is 6.48. The molecule has 0 bridgehead atoms. The highest BCUT2D eigenvalue weighted by molar-refractivity contribution is 7.99. The number of amides is 1. The van der Waals surface area contributed by atoms with Crippen molar-refractivity contribution in [3.05, 3.63) is 35.4 Å². The second-order valence-electron chi connectivity index (χ2n) is 3.60. The van der Waals surface area contributed by atoms with Gasteiger partial charge in [-0.05, 0) is 12.5 Å². The van der Waals surface area contributed by atoms with Gasteiger partial charge in [-0.3, -0.25) is 4.79 Å². The Morgan fingerprint density at radius 1 is 1.38 bits per heavy atom. The normalized spacial score (nSPS) is 10.1. The van der Waals surface area contributed by atoms with E-state index in [1.54, 1.807) is 11.8 Å². The van der Waals surface area contributed by atoms with E-state index >= 15 is 0 Å². The zero-order valence-electron chi connectivity index (χ0n) is 9.53. The van der Waals surface area contributed by atoms with Gasteiger partial charge >= 0.3 is 0 Å². The van der Waals surface area contributed by atoms with Crippen molar-refractivity contribution < 1.29 is 4.79 Å². The fourth-order valence-corrected chi connectivity index (χ4v) is 1.80. The highest BCUT2D eigenvalue weighted by Gasteiger charge is 2.00. The Morgan fingerprint density at radius 3 is 2.69 bits per heavy atom. The molecule has 3 nitrogen and oxygen atoms in total. The number of hydrogen-bond donors (Lipinski definition) is 2. The van der Waals surface area contributed by atoms with Crippen LogP contribution in [0.5, 0.6) is 0 Å². The van der Waals surface area contributed by atoms with Crippen molar-refractivity contribution in [2.24, 2.45) is 5.73 Å². The summed E-state index contributed by atoms with van der Waals surface area (Å²) in [5, 5.41) is 2.88. The molecule has 1 aromatic carbocycles. The van der Waals surface area contributed by atoms with Gasteiger partial charge in [0.15, 0.2) is 0 Å². The average Bonchev–Trinajstić information content (AvgIpc) is 2.29. The van der Waals surface area contributed by atoms with Crippen LogP contribution in [-0.2, 0) is 11.3 Å². The first kappa shape index (κ1) is 13.1. The van der Waals surface area contributed by atoms with E-state index in [-0.39, 0.29) is 5.91 Å². The van der Waals surface area contributed by atoms with Gasteiger partial charge in [0.2, 0.25) is 5.91 Å². The second kappa shape index (κ2) is 7.30. The predicted octanol–water partition coefficient (Wildman–Crippen LogP) is 1.30. The molecule has 1 aromatic rings. The van der Waals surface area contributed by atoms with Crippen molar-refractivity contribution in [1.29, 1.82) is 0 Å². The third-order valence-electron chi connectivity index (χ3n) is 2.11. The largest absolute Gasteiger partial charge is 0.351 e. The first-order chi connectivity index (χ1) is 7.72. The second-order valence-corrected chi connectivity index (χ2v) is 4.71. The minimum Gasteiger partial charge on any atom is -0.351 e. The molecule has 3 N–H and O–H groups in total. The molecule has 0 heterocycles. The van der Waals surface area contributed by atoms with Crippen LogP contribution in [0.3, 0.4) is 0 Å². The number of nitrogens with one attached hydrogen (secondary N) is 1. The van der Waals surface area contributed by atoms with Gasteiger partial charge in [-0.25, -0.2) is 0 Å². The average molecular weight is 238 g/mol. The van der Waals surface area contributed by atoms with E-state index in [1.165, 1.54) is 5.56 Å². The van der Waals surface area contributed by atoms with Crippen molar-refractivity contribution in [3.63, 3.8) is 0 Å². The van der Waals surface area contributed by atoms with Gasteiger partial charge in [0, 0.05) is 18.8 Å². The molecular formula is C12H18N2OS. The smallest absolute Gasteiger partial charge is 0.230 e. The van der Waals surface area contributed by atoms with Gasteiger partial charge < -0.3 is 11.1 Å². The van der Waals surface area contributed by atoms with Crippen molar-refractivity contribution in [2.75, 3.05) is 18.1 Å². The maximum Gasteiger partial charge on any atom is 0.230 e. The lowest BCUT2D eigenvalue weighted by Crippen LogP contribution is -2.25. The number of aryl methyl sites for hydroxylation is 1. The van der Waals surface area contributed by atoms with Crippen LogP contribution in [0.25, 0.3) is 0 Å². The van der Waals surface area contributed by atoms with Crippen LogP contribution in [0.2, 0.25) is 0 Å². The molecule has 16 heavy (non-hydrogen) atoms. The number of nitrogens with two attached hydrogens (primary N) is 1. The molecule has 1 rings (SSSR count). The van der Waals surface area contributed by atoms with Crippen LogP contribution in [0.1, 0.15) is 11.1 Å². The SMILES string of the molecule is Cc1ccc(CNC(=O)CSCCN)cc1. The number of carbonyl (C=O) groups is 1. The summed E-state index contributed by atoms with van der Waals surface area (Å²) in [6.07, 6.45) is 0. The molecule has 0 aliphatic rings. The monoisotopic (exact) mass is 238 g/mol. The van der Waals surface area contributed by atoms with Crippen LogP contribution in [0.15, 0.2) is 24.3 Å². The van der Waals surface area contributed by atoms with Gasteiger partial charge in [0.1, 0.15) is 0 Å². The number of benzene rings is 1. The summed E-state index contributed by atoms with van der Waals surface area (Å²) in [5.41, 5.74) is 7.70. The molecule has 0 spiro atoms. The quantitative estimate of drug-likeness (QED) is 0.735. The van der Waals surface area contributed by atoms with E-state index in [2.05, 4.69) is 5.32 Å². The number of rotatable bonds is 6. The zero-order chi connectivity index (χ0) is 11.8. The molecule has 0 radical (unpaired) electrons. The topological polar surface area (TPSA) is 55.1 Å². The highest BCUT2D eigenvalue weighted by atomic mass is 32.2. The fraction of sp³-hybridized carbons (Fsp3) is 0.417. The van der Waals surface area contributed by atoms with Crippen LogP contribution < -0.4 is 11.1 Å². The number of thioether (sulfide) groups is 1. The third-order valence-corrected chi connectivity index (χ3v) is 3.10. The van der Waals surface area contributed by atoms with Crippen molar-refractivity contribution in [3.8, 4) is 0 Å². The lowest BCUT2D eigenvalue weighted by atomic mass is 10.1. The minimum absolute atomic E-state index is 0.0685. The molecule has 0 unspecified atom stereocenters. The summed E-state index contributed by atoms with van der Waals surface area (Å²) in [7, 11) is 0. The summed E-state index contributed by atoms with van der Waals surface area (Å²) < 4.78 is 0. The Morgan fingerprint density at radius 2 is 2.06 bits per heavy atom. The van der Waals surface area contributed by atoms with E-state index in [1.807, 2.05) is 31.2 Å². The summed E-state index contributed by atoms with van der Waals surface area (Å²) in [4.78, 5) is 11.4. The summed E-state index contributed by atoms with van der Waals surface area (Å²) in [6.45, 7) is 3.27. The standard InChI is InChI=1S/C12H18N2OS/c1-10-2-4-11(5-3-10)8-14-12(15)9-16-7-6-13/h2-5H,6-9,13H2,1H3,(H,14,15). The Bertz CT molecular complexity index is 324. The van der Waals surface area contributed by atoms with E-state index in [4.69, 9.17) is 5.73 Å². The van der Waals surface area contributed by atoms with Crippen molar-refractivity contribution in [2.45, 2.75) is 13.5 Å². The Hall–Kier alpha value is -1.00. The number of hydrogen-bond acceptors (Lipinski definition) is 3. The lowest BCUT2D eigenvalue weighted by molar-refractivity contribution is -0.118. The molecule has 0 aromatic heterocycles. The maximum absolute atomic E-state index is 11.4. The molecule has 0 saturated carbocycles. The Kier molecular flexibility index (Phi) is 5.96. The van der Waals surface area contributed by atoms with Crippen LogP contribution in [0.4, 0.5) is 0 Å². The molecule has 0 fully saturated rings. The first-order valence-electron chi connectivity index (χ1n) is 5.32. The van der Waals surface area contributed by atoms with E-state index in [0.29, 0.717) is 18.8 Å². The molecule has 0 atom stereocenters. The Labute approximate surface area is 101 Å². The fourth-order valence-electron chi connectivity index (χ4n) is 1.21. The molecule has 1 amide bonds. The summed E-state index contributed by atoms with van der Waals surface area (Å²) in [6, 6.07) is 8.15. The van der Waals surface area contributed by atoms with Crippen LogP contribution in [0, 0.1) is 6.92 Å². The van der Waals surface area contributed by atoms with Crippen molar-refractivity contribution in [1.82, 2.24) is 5.32 Å². The van der Waals surface area contributed by atoms with E-state index in [9.17, 15) is 4.79 Å². The molecule has 0 saturated heterocycles. The van der Waals surface area contributed by atoms with Crippen molar-refractivity contribution >= 4 is 17.7 Å². The maximum atomic E-state index is 11.4. The van der Waals surface area contributed by atoms with E-state index in [0.717, 1.165) is 11.3 Å². The molecular weight excluding hydrogens is 220 g/mol. The van der Waals surface area contributed by atoms with Gasteiger partial charge in [-0.2, -0.15) is 11.8 Å². The summed E-state index contributed by atoms with van der Waals surface area (Å²) in [5.74, 6) is 1.39. The number of carbonyl (C=O) groups excluding carboxylic acids is 1. The molecule has 88 valence electrons. The molecule has 4 heteroatoms. The lowest BCUT2D eigenvalue weighted by Gasteiger charge is -2.05. The summed E-state index contributed by atoms with van der Waals surface area (Å²) >= 11 is 1.56. The molecule has 0 aliphatic carbocycles. The predicted molar refractivity (Wildman–Crippen MR) is 69.4 cm³/mol. The van der Waals surface area contributed by atoms with Gasteiger partial charge in [-0.1, -0.05) is 29.8 Å². The highest BCUT2D eigenvalue weighted by Crippen LogP contribution is 2.03. The van der Waals surface area contributed by atoms with Gasteiger partial charge in [0.25, 0.3) is 0 Å². The van der Waals surface area contributed by atoms with Gasteiger partial charge in [-0.15, -0.1) is 0 Å². The zero-order valence-corrected chi connectivity index (χ0v) is 10.3. The third kappa shape index (κ3) is 5.19. The van der Waals surface area contributed by atoms with Crippen LogP contribution >= 0.6 is 11.8 Å². The molecule has 0 aliphatic heterocycles.